The predicted octanol–water partition coefficient (Wildman–Crippen LogP) is 0.785. The second-order valence-corrected chi connectivity index (χ2v) is 5.18. The molecule has 1 N–H and O–H groups in total. The highest BCUT2D eigenvalue weighted by molar-refractivity contribution is 6.35. The lowest BCUT2D eigenvalue weighted by molar-refractivity contribution is -0.384. The van der Waals surface area contributed by atoms with Crippen LogP contribution in [-0.2, 0) is 9.59 Å². The number of likely N-dealkylation sites (N-methyl/N-ethyl adjacent to an activating group) is 1. The fourth-order valence-electron chi connectivity index (χ4n) is 2.48. The van der Waals surface area contributed by atoms with Gasteiger partial charge in [0.2, 0.25) is 0 Å². The van der Waals surface area contributed by atoms with Gasteiger partial charge in [0.05, 0.1) is 17.1 Å². The van der Waals surface area contributed by atoms with E-state index in [1.807, 2.05) is 0 Å². The van der Waals surface area contributed by atoms with E-state index in [0.717, 1.165) is 4.90 Å². The summed E-state index contributed by atoms with van der Waals surface area (Å²) in [7, 11) is 1.60. The van der Waals surface area contributed by atoms with Crippen molar-refractivity contribution in [3.8, 4) is 0 Å². The van der Waals surface area contributed by atoms with Crippen LogP contribution in [0, 0.1) is 10.1 Å². The molecule has 1 aliphatic rings. The molecule has 0 bridgehead atoms. The summed E-state index contributed by atoms with van der Waals surface area (Å²) in [5.74, 6) is -0.974. The Hall–Kier alpha value is -3.00. The van der Waals surface area contributed by atoms with Crippen LogP contribution in [0.2, 0.25) is 0 Å². The molecule has 1 aromatic rings. The third-order valence-corrected chi connectivity index (χ3v) is 3.64. The number of nitrogens with zero attached hydrogens (tertiary/aromatic N) is 3. The smallest absolute Gasteiger partial charge is 0.278 e. The van der Waals surface area contributed by atoms with Crippen molar-refractivity contribution in [2.75, 3.05) is 26.7 Å². The third-order valence-electron chi connectivity index (χ3n) is 3.64. The minimum Gasteiger partial charge on any atom is -0.395 e. The van der Waals surface area contributed by atoms with Crippen molar-refractivity contribution >= 4 is 23.1 Å². The molecule has 24 heavy (non-hydrogen) atoms. The predicted molar refractivity (Wildman–Crippen MR) is 86.6 cm³/mol. The van der Waals surface area contributed by atoms with Crippen LogP contribution in [0.3, 0.4) is 0 Å². The number of non-ortho nitro benzene ring substituents is 1. The van der Waals surface area contributed by atoms with E-state index in [9.17, 15) is 19.7 Å². The third kappa shape index (κ3) is 3.04. The van der Waals surface area contributed by atoms with E-state index < -0.39 is 16.7 Å². The van der Waals surface area contributed by atoms with Gasteiger partial charge in [0.25, 0.3) is 17.5 Å². The van der Waals surface area contributed by atoms with Crippen LogP contribution in [0.5, 0.6) is 0 Å². The van der Waals surface area contributed by atoms with Gasteiger partial charge in [-0.05, 0) is 17.7 Å². The lowest BCUT2D eigenvalue weighted by atomic mass is 10.0. The summed E-state index contributed by atoms with van der Waals surface area (Å²) < 4.78 is 0. The average Bonchev–Trinajstić information content (AvgIpc) is 2.80. The maximum Gasteiger partial charge on any atom is 0.278 e. The van der Waals surface area contributed by atoms with Crippen LogP contribution >= 0.6 is 0 Å². The summed E-state index contributed by atoms with van der Waals surface area (Å²) in [6, 6.07) is 5.42. The minimum atomic E-state index is -0.539. The lowest BCUT2D eigenvalue weighted by Gasteiger charge is -2.19. The van der Waals surface area contributed by atoms with Gasteiger partial charge in [-0.3, -0.25) is 24.6 Å². The largest absolute Gasteiger partial charge is 0.395 e. The lowest BCUT2D eigenvalue weighted by Crippen LogP contribution is -2.34. The zero-order chi connectivity index (χ0) is 17.9. The molecule has 2 amide bonds. The van der Waals surface area contributed by atoms with Crippen LogP contribution in [0.4, 0.5) is 5.69 Å². The first-order valence-electron chi connectivity index (χ1n) is 7.20. The van der Waals surface area contributed by atoms with E-state index >= 15 is 0 Å². The number of nitro groups is 1. The maximum absolute atomic E-state index is 12.6. The van der Waals surface area contributed by atoms with Crippen molar-refractivity contribution in [1.29, 1.82) is 0 Å². The number of amides is 2. The Balaban J connectivity index is 2.53. The van der Waals surface area contributed by atoms with Gasteiger partial charge in [-0.2, -0.15) is 0 Å². The molecule has 0 atom stereocenters. The number of nitro benzene ring substituents is 1. The van der Waals surface area contributed by atoms with Crippen LogP contribution < -0.4 is 0 Å². The number of carbonyl (C=O) groups excluding carboxylic acids is 2. The summed E-state index contributed by atoms with van der Waals surface area (Å²) >= 11 is 0. The molecule has 0 aliphatic carbocycles. The number of carbonyl (C=O) groups is 2. The number of hydrogen-bond acceptors (Lipinski definition) is 6. The molecular weight excluding hydrogens is 314 g/mol. The van der Waals surface area contributed by atoms with Crippen molar-refractivity contribution in [3.05, 3.63) is 58.3 Å². The van der Waals surface area contributed by atoms with Gasteiger partial charge in [0.1, 0.15) is 5.70 Å². The molecule has 0 fully saturated rings. The highest BCUT2D eigenvalue weighted by Crippen LogP contribution is 2.31. The van der Waals surface area contributed by atoms with Crippen LogP contribution in [-0.4, -0.2) is 58.4 Å². The second-order valence-electron chi connectivity index (χ2n) is 5.18. The first-order valence-corrected chi connectivity index (χ1v) is 7.20. The minimum absolute atomic E-state index is 0.0601. The molecule has 126 valence electrons. The Kier molecular flexibility index (Phi) is 5.10. The van der Waals surface area contributed by atoms with E-state index in [1.54, 1.807) is 7.05 Å². The van der Waals surface area contributed by atoms with Crippen LogP contribution in [0.1, 0.15) is 5.56 Å². The number of benzene rings is 1. The summed E-state index contributed by atoms with van der Waals surface area (Å²) in [6.45, 7) is 3.58. The zero-order valence-corrected chi connectivity index (χ0v) is 13.1. The zero-order valence-electron chi connectivity index (χ0n) is 13.1. The quantitative estimate of drug-likeness (QED) is 0.343. The monoisotopic (exact) mass is 331 g/mol. The molecule has 1 aromatic carbocycles. The maximum atomic E-state index is 12.6. The second kappa shape index (κ2) is 7.05. The molecular formula is C16H17N3O5. The van der Waals surface area contributed by atoms with Crippen molar-refractivity contribution < 1.29 is 19.6 Å². The summed E-state index contributed by atoms with van der Waals surface area (Å²) in [4.78, 5) is 37.9. The van der Waals surface area contributed by atoms with Gasteiger partial charge in [0, 0.05) is 32.3 Å². The van der Waals surface area contributed by atoms with E-state index in [4.69, 9.17) is 5.11 Å². The number of hydrogen-bond donors (Lipinski definition) is 1. The molecule has 2 rings (SSSR count). The molecule has 0 saturated heterocycles. The average molecular weight is 331 g/mol. The number of aliphatic hydroxyl groups excluding tert-OH is 1. The molecule has 0 saturated carbocycles. The summed E-state index contributed by atoms with van der Waals surface area (Å²) in [5.41, 5.74) is 0.618. The fourth-order valence-corrected chi connectivity index (χ4v) is 2.48. The topological polar surface area (TPSA) is 104 Å². The Morgan fingerprint density at radius 2 is 1.92 bits per heavy atom. The van der Waals surface area contributed by atoms with Crippen LogP contribution in [0.25, 0.3) is 5.57 Å². The Morgan fingerprint density at radius 1 is 1.29 bits per heavy atom. The van der Waals surface area contributed by atoms with E-state index in [0.29, 0.717) is 5.56 Å². The van der Waals surface area contributed by atoms with Crippen molar-refractivity contribution in [2.45, 2.75) is 0 Å². The Labute approximate surface area is 138 Å². The SMILES string of the molecule is C=CCN1C(=O)C(c2ccc([N+](=O)[O-])cc2)=C(N(C)CCO)C1=O. The van der Waals surface area contributed by atoms with Crippen molar-refractivity contribution in [2.24, 2.45) is 0 Å². The first kappa shape index (κ1) is 17.4. The highest BCUT2D eigenvalue weighted by Gasteiger charge is 2.40. The molecule has 8 heteroatoms. The molecule has 0 spiro atoms. The van der Waals surface area contributed by atoms with E-state index in [1.165, 1.54) is 35.2 Å². The van der Waals surface area contributed by atoms with Gasteiger partial charge in [-0.1, -0.05) is 6.08 Å². The molecule has 1 aliphatic heterocycles. The molecule has 0 aromatic heterocycles. The molecule has 1 heterocycles. The molecule has 0 unspecified atom stereocenters. The van der Waals surface area contributed by atoms with Gasteiger partial charge in [-0.15, -0.1) is 6.58 Å². The van der Waals surface area contributed by atoms with E-state index in [2.05, 4.69) is 6.58 Å². The normalized spacial score (nSPS) is 14.3. The fraction of sp³-hybridized carbons (Fsp3) is 0.250. The van der Waals surface area contributed by atoms with Crippen molar-refractivity contribution in [3.63, 3.8) is 0 Å². The summed E-state index contributed by atoms with van der Waals surface area (Å²) in [5, 5.41) is 19.9. The Bertz CT molecular complexity index is 724. The van der Waals surface area contributed by atoms with Gasteiger partial charge in [0.15, 0.2) is 0 Å². The standard InChI is InChI=1S/C16H17N3O5/c1-3-8-18-15(21)13(14(16(18)22)17(2)9-10-20)11-4-6-12(7-5-11)19(23)24/h3-7,20H,1,8-10H2,2H3. The van der Waals surface area contributed by atoms with Crippen LogP contribution in [0.15, 0.2) is 42.6 Å². The van der Waals surface area contributed by atoms with Gasteiger partial charge < -0.3 is 10.0 Å². The first-order chi connectivity index (χ1) is 11.4. The van der Waals surface area contributed by atoms with Gasteiger partial charge in [-0.25, -0.2) is 0 Å². The van der Waals surface area contributed by atoms with E-state index in [-0.39, 0.29) is 36.7 Å². The van der Waals surface area contributed by atoms with Crippen molar-refractivity contribution in [1.82, 2.24) is 9.80 Å². The Morgan fingerprint density at radius 3 is 2.42 bits per heavy atom. The molecule has 8 nitrogen and oxygen atoms in total. The highest BCUT2D eigenvalue weighted by atomic mass is 16.6. The number of rotatable bonds is 7. The molecule has 0 radical (unpaired) electrons. The number of imide groups is 1. The summed E-state index contributed by atoms with van der Waals surface area (Å²) in [6.07, 6.45) is 1.44. The number of aliphatic hydroxyl groups is 1. The van der Waals surface area contributed by atoms with Gasteiger partial charge >= 0.3 is 0 Å².